The van der Waals surface area contributed by atoms with E-state index in [2.05, 4.69) is 10.5 Å². The van der Waals surface area contributed by atoms with Gasteiger partial charge in [0.2, 0.25) is 0 Å². The first kappa shape index (κ1) is 13.1. The summed E-state index contributed by atoms with van der Waals surface area (Å²) in [6, 6.07) is 11.7. The molecule has 1 aromatic heterocycles. The largest absolute Gasteiger partial charge is 0.281 e. The third kappa shape index (κ3) is 2.96. The van der Waals surface area contributed by atoms with Gasteiger partial charge in [-0.15, -0.1) is 11.3 Å². The molecule has 0 fully saturated rings. The second-order valence-electron chi connectivity index (χ2n) is 4.88. The lowest BCUT2D eigenvalue weighted by atomic mass is 9.99. The minimum Gasteiger partial charge on any atom is -0.266 e. The van der Waals surface area contributed by atoms with Crippen LogP contribution in [0.1, 0.15) is 38.5 Å². The molecule has 0 saturated carbocycles. The van der Waals surface area contributed by atoms with Crippen LogP contribution in [0.15, 0.2) is 41.5 Å². The Hall–Kier alpha value is -1.94. The molecule has 20 heavy (non-hydrogen) atoms. The first-order valence-corrected chi connectivity index (χ1v) is 7.64. The van der Waals surface area contributed by atoms with Crippen LogP contribution >= 0.6 is 11.3 Å². The van der Waals surface area contributed by atoms with E-state index in [0.717, 1.165) is 23.3 Å². The van der Waals surface area contributed by atoms with Crippen LogP contribution in [0.4, 0.5) is 0 Å². The number of nitrogens with one attached hydrogen (secondary N) is 1. The number of carbonyl (C=O) groups excluding carboxylic acids is 1. The zero-order chi connectivity index (χ0) is 13.8. The molecule has 0 spiro atoms. The number of fused-ring (bicyclic) bond motifs is 1. The Balaban J connectivity index is 1.65. The van der Waals surface area contributed by atoms with Crippen LogP contribution in [0, 0.1) is 0 Å². The van der Waals surface area contributed by atoms with E-state index in [4.69, 9.17) is 0 Å². The Bertz CT molecular complexity index is 608. The van der Waals surface area contributed by atoms with Crippen molar-refractivity contribution in [1.29, 1.82) is 0 Å². The van der Waals surface area contributed by atoms with Gasteiger partial charge in [-0.25, -0.2) is 5.43 Å². The molecule has 0 radical (unpaired) electrons. The molecule has 1 aliphatic rings. The van der Waals surface area contributed by atoms with E-state index in [1.165, 1.54) is 23.3 Å². The Kier molecular flexibility index (Phi) is 3.92. The highest BCUT2D eigenvalue weighted by Crippen LogP contribution is 2.29. The van der Waals surface area contributed by atoms with Crippen LogP contribution in [0.5, 0.6) is 0 Å². The lowest BCUT2D eigenvalue weighted by molar-refractivity contribution is 0.0959. The van der Waals surface area contributed by atoms with Crippen molar-refractivity contribution >= 4 is 23.5 Å². The van der Waals surface area contributed by atoms with Gasteiger partial charge in [-0.1, -0.05) is 30.3 Å². The number of hydrogen-bond acceptors (Lipinski definition) is 3. The summed E-state index contributed by atoms with van der Waals surface area (Å²) >= 11 is 1.60. The third-order valence-electron chi connectivity index (χ3n) is 3.40. The SMILES string of the molecule is O=C(NN=Cc1ccccc1)c1cc2c(s1)CCCC2. The molecule has 1 aliphatic carbocycles. The summed E-state index contributed by atoms with van der Waals surface area (Å²) in [6.07, 6.45) is 6.34. The molecule has 3 nitrogen and oxygen atoms in total. The van der Waals surface area contributed by atoms with E-state index < -0.39 is 0 Å². The predicted molar refractivity (Wildman–Crippen MR) is 82.5 cm³/mol. The second-order valence-corrected chi connectivity index (χ2v) is 6.01. The van der Waals surface area contributed by atoms with Gasteiger partial charge in [0.05, 0.1) is 11.1 Å². The molecule has 0 aliphatic heterocycles. The molecular weight excluding hydrogens is 268 g/mol. The quantitative estimate of drug-likeness (QED) is 0.681. The number of hydrazone groups is 1. The normalized spacial score (nSPS) is 14.2. The van der Waals surface area contributed by atoms with Crippen molar-refractivity contribution in [2.45, 2.75) is 25.7 Å². The number of aryl methyl sites for hydroxylation is 2. The highest BCUT2D eigenvalue weighted by atomic mass is 32.1. The van der Waals surface area contributed by atoms with E-state index in [-0.39, 0.29) is 5.91 Å². The molecule has 1 aromatic carbocycles. The fourth-order valence-electron chi connectivity index (χ4n) is 2.36. The van der Waals surface area contributed by atoms with Gasteiger partial charge in [0, 0.05) is 4.88 Å². The molecule has 1 amide bonds. The van der Waals surface area contributed by atoms with E-state index in [0.29, 0.717) is 0 Å². The van der Waals surface area contributed by atoms with Crippen molar-refractivity contribution in [3.8, 4) is 0 Å². The highest BCUT2D eigenvalue weighted by molar-refractivity contribution is 7.14. The number of amides is 1. The second kappa shape index (κ2) is 6.01. The van der Waals surface area contributed by atoms with Crippen molar-refractivity contribution in [2.75, 3.05) is 0 Å². The van der Waals surface area contributed by atoms with Gasteiger partial charge in [-0.3, -0.25) is 4.79 Å². The number of rotatable bonds is 3. The van der Waals surface area contributed by atoms with E-state index >= 15 is 0 Å². The molecule has 4 heteroatoms. The number of nitrogens with zero attached hydrogens (tertiary/aromatic N) is 1. The van der Waals surface area contributed by atoms with Crippen LogP contribution in [-0.2, 0) is 12.8 Å². The zero-order valence-corrected chi connectivity index (χ0v) is 12.0. The smallest absolute Gasteiger partial charge is 0.266 e. The van der Waals surface area contributed by atoms with Gasteiger partial charge >= 0.3 is 0 Å². The summed E-state index contributed by atoms with van der Waals surface area (Å²) in [7, 11) is 0. The number of thiophene rings is 1. The predicted octanol–water partition coefficient (Wildman–Crippen LogP) is 3.39. The molecule has 0 saturated heterocycles. The highest BCUT2D eigenvalue weighted by Gasteiger charge is 2.16. The molecule has 0 unspecified atom stereocenters. The third-order valence-corrected chi connectivity index (χ3v) is 4.64. The summed E-state index contributed by atoms with van der Waals surface area (Å²) in [6.45, 7) is 0. The first-order valence-electron chi connectivity index (χ1n) is 6.83. The summed E-state index contributed by atoms with van der Waals surface area (Å²) in [5.41, 5.74) is 4.91. The first-order chi connectivity index (χ1) is 9.83. The fourth-order valence-corrected chi connectivity index (χ4v) is 3.51. The molecule has 2 aromatic rings. The van der Waals surface area contributed by atoms with E-state index in [1.54, 1.807) is 17.6 Å². The number of hydrogen-bond donors (Lipinski definition) is 1. The van der Waals surface area contributed by atoms with Gasteiger partial charge < -0.3 is 0 Å². The van der Waals surface area contributed by atoms with Gasteiger partial charge in [-0.2, -0.15) is 5.10 Å². The lowest BCUT2D eigenvalue weighted by Gasteiger charge is -2.08. The number of benzene rings is 1. The maximum Gasteiger partial charge on any atom is 0.281 e. The molecule has 0 atom stereocenters. The van der Waals surface area contributed by atoms with E-state index in [1.807, 2.05) is 36.4 Å². The van der Waals surface area contributed by atoms with Crippen LogP contribution in [0.25, 0.3) is 0 Å². The molecule has 1 heterocycles. The van der Waals surface area contributed by atoms with Crippen molar-refractivity contribution in [2.24, 2.45) is 5.10 Å². The van der Waals surface area contributed by atoms with Crippen LogP contribution in [-0.4, -0.2) is 12.1 Å². The van der Waals surface area contributed by atoms with Crippen molar-refractivity contribution in [3.63, 3.8) is 0 Å². The van der Waals surface area contributed by atoms with Gasteiger partial charge in [0.15, 0.2) is 0 Å². The van der Waals surface area contributed by atoms with Gasteiger partial charge in [-0.05, 0) is 42.9 Å². The molecular formula is C16H16N2OS. The minimum atomic E-state index is -0.114. The summed E-state index contributed by atoms with van der Waals surface area (Å²) in [5, 5.41) is 4.01. The van der Waals surface area contributed by atoms with E-state index in [9.17, 15) is 4.79 Å². The molecule has 0 bridgehead atoms. The van der Waals surface area contributed by atoms with Crippen molar-refractivity contribution in [1.82, 2.24) is 5.43 Å². The average Bonchev–Trinajstić information content (AvgIpc) is 2.92. The van der Waals surface area contributed by atoms with Crippen LogP contribution in [0.3, 0.4) is 0 Å². The Morgan fingerprint density at radius 2 is 2.00 bits per heavy atom. The monoisotopic (exact) mass is 284 g/mol. The Morgan fingerprint density at radius 1 is 1.20 bits per heavy atom. The summed E-state index contributed by atoms with van der Waals surface area (Å²) in [5.74, 6) is -0.114. The fraction of sp³-hybridized carbons (Fsp3) is 0.250. The minimum absolute atomic E-state index is 0.114. The standard InChI is InChI=1S/C16H16N2OS/c19-16(18-17-11-12-6-2-1-3-7-12)15-10-13-8-4-5-9-14(13)20-15/h1-3,6-7,10-11H,4-5,8-9H2,(H,18,19). The maximum absolute atomic E-state index is 12.0. The summed E-state index contributed by atoms with van der Waals surface area (Å²) in [4.78, 5) is 14.2. The topological polar surface area (TPSA) is 41.5 Å². The van der Waals surface area contributed by atoms with Gasteiger partial charge in [0.25, 0.3) is 5.91 Å². The van der Waals surface area contributed by atoms with Crippen molar-refractivity contribution < 1.29 is 4.79 Å². The van der Waals surface area contributed by atoms with Crippen LogP contribution in [0.2, 0.25) is 0 Å². The lowest BCUT2D eigenvalue weighted by Crippen LogP contribution is -2.16. The number of carbonyl (C=O) groups is 1. The molecule has 102 valence electrons. The Labute approximate surface area is 122 Å². The zero-order valence-electron chi connectivity index (χ0n) is 11.1. The molecule has 1 N–H and O–H groups in total. The van der Waals surface area contributed by atoms with Crippen LogP contribution < -0.4 is 5.43 Å². The van der Waals surface area contributed by atoms with Gasteiger partial charge in [0.1, 0.15) is 0 Å². The maximum atomic E-state index is 12.0. The van der Waals surface area contributed by atoms with Crippen molar-refractivity contribution in [3.05, 3.63) is 57.3 Å². The Morgan fingerprint density at radius 3 is 2.80 bits per heavy atom. The summed E-state index contributed by atoms with van der Waals surface area (Å²) < 4.78 is 0. The average molecular weight is 284 g/mol. The molecule has 3 rings (SSSR count).